The van der Waals surface area contributed by atoms with Gasteiger partial charge >= 0.3 is 0 Å². The van der Waals surface area contributed by atoms with Crippen LogP contribution in [0.3, 0.4) is 0 Å². The van der Waals surface area contributed by atoms with Gasteiger partial charge in [0.2, 0.25) is 11.8 Å². The summed E-state index contributed by atoms with van der Waals surface area (Å²) in [6, 6.07) is 21.3. The molecule has 0 aliphatic heterocycles. The molecule has 0 fully saturated rings. The number of hydrogen-bond acceptors (Lipinski definition) is 4. The fourth-order valence-corrected chi connectivity index (χ4v) is 5.51. The molecular formula is C29H34ClN3O4S. The number of hydrogen-bond donors (Lipinski definition) is 1. The number of halogens is 1. The maximum atomic E-state index is 13.9. The van der Waals surface area contributed by atoms with Gasteiger partial charge in [-0.1, -0.05) is 74.0 Å². The lowest BCUT2D eigenvalue weighted by Gasteiger charge is -2.32. The molecule has 2 amide bonds. The number of rotatable bonds is 11. The lowest BCUT2D eigenvalue weighted by Crippen LogP contribution is -2.51. The van der Waals surface area contributed by atoms with Crippen LogP contribution in [0.15, 0.2) is 83.8 Å². The van der Waals surface area contributed by atoms with Gasteiger partial charge in [0, 0.05) is 18.1 Å². The minimum absolute atomic E-state index is 0.00953. The summed E-state index contributed by atoms with van der Waals surface area (Å²) >= 11 is 5.99. The quantitative estimate of drug-likeness (QED) is 0.359. The Morgan fingerprint density at radius 1 is 0.895 bits per heavy atom. The van der Waals surface area contributed by atoms with Gasteiger partial charge in [-0.05, 0) is 61.2 Å². The zero-order chi connectivity index (χ0) is 27.9. The van der Waals surface area contributed by atoms with E-state index in [4.69, 9.17) is 11.6 Å². The summed E-state index contributed by atoms with van der Waals surface area (Å²) in [5.74, 6) is -0.557. The van der Waals surface area contributed by atoms with Crippen molar-refractivity contribution in [2.45, 2.75) is 45.2 Å². The van der Waals surface area contributed by atoms with Crippen LogP contribution in [-0.2, 0) is 26.2 Å². The van der Waals surface area contributed by atoms with E-state index in [1.807, 2.05) is 44.2 Å². The summed E-state index contributed by atoms with van der Waals surface area (Å²) in [7, 11) is -4.14. The molecule has 1 N–H and O–H groups in total. The third kappa shape index (κ3) is 7.36. The lowest BCUT2D eigenvalue weighted by molar-refractivity contribution is -0.139. The maximum Gasteiger partial charge on any atom is 0.264 e. The van der Waals surface area contributed by atoms with Crippen molar-refractivity contribution in [3.05, 3.63) is 95.0 Å². The molecule has 0 bridgehead atoms. The predicted octanol–water partition coefficient (Wildman–Crippen LogP) is 5.03. The summed E-state index contributed by atoms with van der Waals surface area (Å²) in [5, 5.41) is 3.28. The first-order valence-corrected chi connectivity index (χ1v) is 14.3. The van der Waals surface area contributed by atoms with Crippen LogP contribution in [0.2, 0.25) is 5.02 Å². The van der Waals surface area contributed by atoms with E-state index in [0.29, 0.717) is 22.8 Å². The first-order valence-electron chi connectivity index (χ1n) is 12.5. The third-order valence-electron chi connectivity index (χ3n) is 6.11. The molecule has 0 aliphatic rings. The molecule has 7 nitrogen and oxygen atoms in total. The van der Waals surface area contributed by atoms with Crippen LogP contribution in [0.4, 0.5) is 5.69 Å². The molecule has 0 radical (unpaired) electrons. The summed E-state index contributed by atoms with van der Waals surface area (Å²) in [6.45, 7) is 7.55. The second kappa shape index (κ2) is 12.9. The Balaban J connectivity index is 2.01. The number of nitrogens with one attached hydrogen (secondary N) is 1. The minimum Gasteiger partial charge on any atom is -0.354 e. The summed E-state index contributed by atoms with van der Waals surface area (Å²) < 4.78 is 28.8. The number of benzene rings is 3. The zero-order valence-electron chi connectivity index (χ0n) is 22.1. The third-order valence-corrected chi connectivity index (χ3v) is 8.14. The molecule has 0 saturated carbocycles. The zero-order valence-corrected chi connectivity index (χ0v) is 23.7. The number of nitrogens with zero attached hydrogens (tertiary/aromatic N) is 2. The first kappa shape index (κ1) is 29.2. The molecule has 0 aromatic heterocycles. The standard InChI is InChI=1S/C29H34ClN3O4S/c1-21(2)18-31-29(35)23(4)32(19-24-11-6-5-7-12-24)28(34)20-33(27-13-9-8-10-22(27)3)38(36,37)26-16-14-25(30)15-17-26/h5-17,21,23H,18-20H2,1-4H3,(H,31,35)/t23-/m0/s1. The second-order valence-electron chi connectivity index (χ2n) is 9.57. The fraction of sp³-hybridized carbons (Fsp3) is 0.310. The van der Waals surface area contributed by atoms with E-state index in [9.17, 15) is 18.0 Å². The molecule has 3 aromatic rings. The number of anilines is 1. The molecule has 0 heterocycles. The topological polar surface area (TPSA) is 86.8 Å². The van der Waals surface area contributed by atoms with Gasteiger partial charge < -0.3 is 10.2 Å². The predicted molar refractivity (Wildman–Crippen MR) is 151 cm³/mol. The average molecular weight is 556 g/mol. The Labute approximate surface area is 230 Å². The SMILES string of the molecule is Cc1ccccc1N(CC(=O)N(Cc1ccccc1)[C@@H](C)C(=O)NCC(C)C)S(=O)(=O)c1ccc(Cl)cc1. The van der Waals surface area contributed by atoms with Crippen molar-refractivity contribution in [1.82, 2.24) is 10.2 Å². The number of amides is 2. The second-order valence-corrected chi connectivity index (χ2v) is 11.9. The fourth-order valence-electron chi connectivity index (χ4n) is 3.91. The number of carbonyl (C=O) groups is 2. The molecule has 38 heavy (non-hydrogen) atoms. The van der Waals surface area contributed by atoms with Crippen molar-refractivity contribution >= 4 is 39.1 Å². The molecule has 3 rings (SSSR count). The van der Waals surface area contributed by atoms with Gasteiger partial charge in [-0.3, -0.25) is 13.9 Å². The van der Waals surface area contributed by atoms with Gasteiger partial charge in [0.25, 0.3) is 10.0 Å². The van der Waals surface area contributed by atoms with Crippen LogP contribution < -0.4 is 9.62 Å². The van der Waals surface area contributed by atoms with Crippen LogP contribution in [0.25, 0.3) is 0 Å². The molecule has 0 unspecified atom stereocenters. The van der Waals surface area contributed by atoms with E-state index in [1.165, 1.54) is 29.2 Å². The highest BCUT2D eigenvalue weighted by atomic mass is 35.5. The Morgan fingerprint density at radius 3 is 2.11 bits per heavy atom. The molecule has 202 valence electrons. The monoisotopic (exact) mass is 555 g/mol. The molecule has 3 aromatic carbocycles. The van der Waals surface area contributed by atoms with Crippen molar-refractivity contribution in [2.24, 2.45) is 5.92 Å². The molecule has 0 spiro atoms. The van der Waals surface area contributed by atoms with E-state index >= 15 is 0 Å². The normalized spacial score (nSPS) is 12.2. The Morgan fingerprint density at radius 2 is 1.50 bits per heavy atom. The largest absolute Gasteiger partial charge is 0.354 e. The van der Waals surface area contributed by atoms with E-state index < -0.39 is 28.5 Å². The molecule has 1 atom stereocenters. The minimum atomic E-state index is -4.14. The van der Waals surface area contributed by atoms with Crippen LogP contribution in [0.1, 0.15) is 31.9 Å². The number of carbonyl (C=O) groups excluding carboxylic acids is 2. The Hall–Kier alpha value is -3.36. The van der Waals surface area contributed by atoms with E-state index in [-0.39, 0.29) is 23.3 Å². The van der Waals surface area contributed by atoms with Gasteiger partial charge in [0.05, 0.1) is 10.6 Å². The molecule has 0 saturated heterocycles. The molecular weight excluding hydrogens is 522 g/mol. The average Bonchev–Trinajstić information content (AvgIpc) is 2.89. The number of aryl methyl sites for hydroxylation is 1. The molecule has 9 heteroatoms. The highest BCUT2D eigenvalue weighted by Gasteiger charge is 2.33. The Bertz CT molecular complexity index is 1350. The number of sulfonamides is 1. The van der Waals surface area contributed by atoms with E-state index in [1.54, 1.807) is 38.1 Å². The van der Waals surface area contributed by atoms with Gasteiger partial charge in [0.1, 0.15) is 12.6 Å². The highest BCUT2D eigenvalue weighted by molar-refractivity contribution is 7.92. The smallest absolute Gasteiger partial charge is 0.264 e. The first-order chi connectivity index (χ1) is 18.0. The summed E-state index contributed by atoms with van der Waals surface area (Å²) in [5.41, 5.74) is 1.90. The van der Waals surface area contributed by atoms with Crippen molar-refractivity contribution in [1.29, 1.82) is 0 Å². The highest BCUT2D eigenvalue weighted by Crippen LogP contribution is 2.28. The summed E-state index contributed by atoms with van der Waals surface area (Å²) in [6.07, 6.45) is 0. The van der Waals surface area contributed by atoms with Crippen molar-refractivity contribution in [3.63, 3.8) is 0 Å². The van der Waals surface area contributed by atoms with E-state index in [2.05, 4.69) is 5.32 Å². The van der Waals surface area contributed by atoms with Gasteiger partial charge in [0.15, 0.2) is 0 Å². The van der Waals surface area contributed by atoms with Gasteiger partial charge in [-0.25, -0.2) is 8.42 Å². The van der Waals surface area contributed by atoms with Crippen LogP contribution >= 0.6 is 11.6 Å². The van der Waals surface area contributed by atoms with Crippen molar-refractivity contribution in [3.8, 4) is 0 Å². The van der Waals surface area contributed by atoms with Gasteiger partial charge in [-0.15, -0.1) is 0 Å². The van der Waals surface area contributed by atoms with Gasteiger partial charge in [-0.2, -0.15) is 0 Å². The summed E-state index contributed by atoms with van der Waals surface area (Å²) in [4.78, 5) is 28.3. The lowest BCUT2D eigenvalue weighted by atomic mass is 10.1. The molecule has 0 aliphatic carbocycles. The Kier molecular flexibility index (Phi) is 9.94. The van der Waals surface area contributed by atoms with E-state index in [0.717, 1.165) is 9.87 Å². The maximum absolute atomic E-state index is 13.9. The van der Waals surface area contributed by atoms with Crippen molar-refractivity contribution in [2.75, 3.05) is 17.4 Å². The van der Waals surface area contributed by atoms with Crippen LogP contribution in [0.5, 0.6) is 0 Å². The number of para-hydroxylation sites is 1. The van der Waals surface area contributed by atoms with Crippen molar-refractivity contribution < 1.29 is 18.0 Å². The van der Waals surface area contributed by atoms with Crippen LogP contribution in [0, 0.1) is 12.8 Å². The van der Waals surface area contributed by atoms with Crippen LogP contribution in [-0.4, -0.2) is 44.3 Å².